The topological polar surface area (TPSA) is 41.9 Å². The number of rotatable bonds is 8. The van der Waals surface area contributed by atoms with E-state index in [4.69, 9.17) is 9.47 Å². The number of hydrogen-bond donors (Lipinski definition) is 1. The summed E-state index contributed by atoms with van der Waals surface area (Å²) in [5.74, 6) is 0.859. The second-order valence-electron chi connectivity index (χ2n) is 6.61. The molecule has 1 saturated heterocycles. The van der Waals surface area contributed by atoms with Gasteiger partial charge < -0.3 is 14.6 Å². The number of aliphatic hydroxyl groups excluding tert-OH is 1. The first kappa shape index (κ1) is 17.9. The van der Waals surface area contributed by atoms with Gasteiger partial charge in [-0.25, -0.2) is 0 Å². The molecule has 3 rings (SSSR count). The molecule has 1 aliphatic heterocycles. The van der Waals surface area contributed by atoms with Crippen LogP contribution in [0.15, 0.2) is 54.6 Å². The number of methoxy groups -OCH3 is 1. The van der Waals surface area contributed by atoms with Gasteiger partial charge in [0.2, 0.25) is 0 Å². The summed E-state index contributed by atoms with van der Waals surface area (Å²) in [6, 6.07) is 17.9. The lowest BCUT2D eigenvalue weighted by Crippen LogP contribution is -2.35. The maximum atomic E-state index is 10.6. The monoisotopic (exact) mass is 341 g/mol. The average Bonchev–Trinajstić information content (AvgIpc) is 3.15. The fourth-order valence-electron chi connectivity index (χ4n) is 3.33. The van der Waals surface area contributed by atoms with Gasteiger partial charge in [-0.15, -0.1) is 0 Å². The Morgan fingerprint density at radius 2 is 2.04 bits per heavy atom. The van der Waals surface area contributed by atoms with E-state index in [0.717, 1.165) is 43.9 Å². The second kappa shape index (κ2) is 8.99. The smallest absolute Gasteiger partial charge is 0.119 e. The van der Waals surface area contributed by atoms with Gasteiger partial charge in [-0.1, -0.05) is 42.5 Å². The summed E-state index contributed by atoms with van der Waals surface area (Å²) >= 11 is 0. The fourth-order valence-corrected chi connectivity index (χ4v) is 3.33. The van der Waals surface area contributed by atoms with Crippen molar-refractivity contribution in [1.29, 1.82) is 0 Å². The van der Waals surface area contributed by atoms with Crippen LogP contribution in [0.1, 0.15) is 30.1 Å². The molecule has 4 nitrogen and oxygen atoms in total. The van der Waals surface area contributed by atoms with Gasteiger partial charge in [0.1, 0.15) is 5.75 Å². The number of hydrogen-bond acceptors (Lipinski definition) is 4. The van der Waals surface area contributed by atoms with Crippen molar-refractivity contribution in [2.45, 2.75) is 31.6 Å². The van der Waals surface area contributed by atoms with E-state index in [1.807, 2.05) is 42.5 Å². The molecule has 25 heavy (non-hydrogen) atoms. The molecule has 1 aliphatic rings. The van der Waals surface area contributed by atoms with Crippen molar-refractivity contribution >= 4 is 0 Å². The molecule has 2 atom stereocenters. The highest BCUT2D eigenvalue weighted by Crippen LogP contribution is 2.21. The highest BCUT2D eigenvalue weighted by Gasteiger charge is 2.21. The van der Waals surface area contributed by atoms with Crippen molar-refractivity contribution in [2.24, 2.45) is 0 Å². The van der Waals surface area contributed by atoms with E-state index in [-0.39, 0.29) is 6.10 Å². The number of benzene rings is 2. The molecule has 0 radical (unpaired) electrons. The summed E-state index contributed by atoms with van der Waals surface area (Å²) < 4.78 is 11.1. The van der Waals surface area contributed by atoms with Gasteiger partial charge in [0.25, 0.3) is 0 Å². The molecular formula is C21H27NO3. The van der Waals surface area contributed by atoms with Gasteiger partial charge in [-0.05, 0) is 36.1 Å². The van der Waals surface area contributed by atoms with Crippen LogP contribution < -0.4 is 4.74 Å². The first-order chi connectivity index (χ1) is 12.2. The molecule has 0 amide bonds. The largest absolute Gasteiger partial charge is 0.497 e. The first-order valence-electron chi connectivity index (χ1n) is 8.94. The molecule has 0 saturated carbocycles. The third-order valence-corrected chi connectivity index (χ3v) is 4.64. The van der Waals surface area contributed by atoms with Gasteiger partial charge in [0.15, 0.2) is 0 Å². The van der Waals surface area contributed by atoms with Gasteiger partial charge in [0, 0.05) is 26.2 Å². The molecule has 134 valence electrons. The number of nitrogens with zero attached hydrogens (tertiary/aromatic N) is 1. The minimum atomic E-state index is -0.506. The van der Waals surface area contributed by atoms with Crippen molar-refractivity contribution < 1.29 is 14.6 Å². The van der Waals surface area contributed by atoms with Gasteiger partial charge in [-0.2, -0.15) is 0 Å². The Bertz CT molecular complexity index is 641. The predicted octanol–water partition coefficient (Wildman–Crippen LogP) is 3.41. The van der Waals surface area contributed by atoms with Crippen LogP contribution >= 0.6 is 0 Å². The molecule has 0 spiro atoms. The van der Waals surface area contributed by atoms with Crippen LogP contribution in [0.5, 0.6) is 5.75 Å². The normalized spacial score (nSPS) is 18.4. The zero-order valence-electron chi connectivity index (χ0n) is 14.8. The van der Waals surface area contributed by atoms with Crippen LogP contribution in [0.4, 0.5) is 0 Å². The SMILES string of the molecule is COc1cccc(CN(CC2CCCO2)CC(O)c2ccccc2)c1. The predicted molar refractivity (Wildman–Crippen MR) is 98.6 cm³/mol. The Morgan fingerprint density at radius 3 is 2.76 bits per heavy atom. The van der Waals surface area contributed by atoms with Crippen LogP contribution in [0.2, 0.25) is 0 Å². The lowest BCUT2D eigenvalue weighted by atomic mass is 10.1. The molecule has 0 aliphatic carbocycles. The van der Waals surface area contributed by atoms with Crippen molar-refractivity contribution in [3.8, 4) is 5.75 Å². The van der Waals surface area contributed by atoms with Crippen LogP contribution in [0.3, 0.4) is 0 Å². The van der Waals surface area contributed by atoms with Gasteiger partial charge in [0.05, 0.1) is 19.3 Å². The quantitative estimate of drug-likeness (QED) is 0.799. The summed E-state index contributed by atoms with van der Waals surface area (Å²) in [5.41, 5.74) is 2.13. The minimum absolute atomic E-state index is 0.258. The second-order valence-corrected chi connectivity index (χ2v) is 6.61. The molecule has 1 fully saturated rings. The Labute approximate surface area is 150 Å². The maximum absolute atomic E-state index is 10.6. The number of ether oxygens (including phenoxy) is 2. The standard InChI is InChI=1S/C21H27NO3/c1-24-19-10-5-7-17(13-19)14-22(15-20-11-6-12-25-20)16-21(23)18-8-3-2-4-9-18/h2-5,7-10,13,20-21,23H,6,11-12,14-16H2,1H3. The van der Waals surface area contributed by atoms with Crippen molar-refractivity contribution in [3.05, 3.63) is 65.7 Å². The minimum Gasteiger partial charge on any atom is -0.497 e. The van der Waals surface area contributed by atoms with Gasteiger partial charge >= 0.3 is 0 Å². The molecule has 4 heteroatoms. The Morgan fingerprint density at radius 1 is 1.20 bits per heavy atom. The molecule has 2 unspecified atom stereocenters. The van der Waals surface area contributed by atoms with E-state index in [0.29, 0.717) is 6.54 Å². The molecule has 1 heterocycles. The molecule has 0 bridgehead atoms. The van der Waals surface area contributed by atoms with Crippen LogP contribution in [-0.2, 0) is 11.3 Å². The van der Waals surface area contributed by atoms with E-state index in [1.54, 1.807) is 7.11 Å². The van der Waals surface area contributed by atoms with E-state index in [2.05, 4.69) is 17.0 Å². The lowest BCUT2D eigenvalue weighted by Gasteiger charge is -2.27. The van der Waals surface area contributed by atoms with Crippen molar-refractivity contribution in [1.82, 2.24) is 4.90 Å². The van der Waals surface area contributed by atoms with Crippen LogP contribution in [0.25, 0.3) is 0 Å². The Balaban J connectivity index is 1.69. The Hall–Kier alpha value is -1.88. The summed E-state index contributed by atoms with van der Waals surface area (Å²) in [7, 11) is 1.68. The molecular weight excluding hydrogens is 314 g/mol. The third kappa shape index (κ3) is 5.30. The van der Waals surface area contributed by atoms with E-state index in [1.165, 1.54) is 5.56 Å². The fraction of sp³-hybridized carbons (Fsp3) is 0.429. The number of aliphatic hydroxyl groups is 1. The molecule has 2 aromatic rings. The summed E-state index contributed by atoms with van der Waals surface area (Å²) in [5, 5.41) is 10.6. The summed E-state index contributed by atoms with van der Waals surface area (Å²) in [6.07, 6.45) is 1.97. The van der Waals surface area contributed by atoms with Gasteiger partial charge in [-0.3, -0.25) is 4.90 Å². The van der Waals surface area contributed by atoms with E-state index in [9.17, 15) is 5.11 Å². The van der Waals surface area contributed by atoms with Crippen LogP contribution in [-0.4, -0.2) is 42.9 Å². The maximum Gasteiger partial charge on any atom is 0.119 e. The summed E-state index contributed by atoms with van der Waals surface area (Å²) in [4.78, 5) is 2.28. The molecule has 1 N–H and O–H groups in total. The Kier molecular flexibility index (Phi) is 6.45. The average molecular weight is 341 g/mol. The third-order valence-electron chi connectivity index (χ3n) is 4.64. The van der Waals surface area contributed by atoms with Crippen molar-refractivity contribution in [3.63, 3.8) is 0 Å². The molecule has 2 aromatic carbocycles. The zero-order chi connectivity index (χ0) is 17.5. The highest BCUT2D eigenvalue weighted by molar-refractivity contribution is 5.28. The highest BCUT2D eigenvalue weighted by atomic mass is 16.5. The van der Waals surface area contributed by atoms with E-state index >= 15 is 0 Å². The summed E-state index contributed by atoms with van der Waals surface area (Å²) in [6.45, 7) is 3.03. The van der Waals surface area contributed by atoms with Crippen LogP contribution in [0, 0.1) is 0 Å². The van der Waals surface area contributed by atoms with E-state index < -0.39 is 6.10 Å². The lowest BCUT2D eigenvalue weighted by molar-refractivity contribution is 0.0460. The zero-order valence-corrected chi connectivity index (χ0v) is 14.8. The van der Waals surface area contributed by atoms with Crippen molar-refractivity contribution in [2.75, 3.05) is 26.8 Å². The first-order valence-corrected chi connectivity index (χ1v) is 8.94. The molecule has 0 aromatic heterocycles.